The van der Waals surface area contributed by atoms with Crippen molar-refractivity contribution in [3.05, 3.63) is 36.7 Å². The van der Waals surface area contributed by atoms with Crippen LogP contribution in [0.4, 0.5) is 0 Å². The monoisotopic (exact) mass is 360 g/mol. The Labute approximate surface area is 149 Å². The summed E-state index contributed by atoms with van der Waals surface area (Å²) in [6.07, 6.45) is 8.45. The third kappa shape index (κ3) is 4.56. The average Bonchev–Trinajstić information content (AvgIpc) is 3.08. The zero-order valence-electron chi connectivity index (χ0n) is 13.7. The van der Waals surface area contributed by atoms with Crippen LogP contribution in [0.2, 0.25) is 0 Å². The van der Waals surface area contributed by atoms with Crippen molar-refractivity contribution in [1.82, 2.24) is 24.4 Å². The van der Waals surface area contributed by atoms with Gasteiger partial charge in [0.25, 0.3) is 0 Å². The number of thioether (sulfide) groups is 1. The summed E-state index contributed by atoms with van der Waals surface area (Å²) in [6, 6.07) is 1.75. The fourth-order valence-electron chi connectivity index (χ4n) is 2.95. The molecule has 0 aromatic carbocycles. The predicted molar refractivity (Wildman–Crippen MR) is 92.7 cm³/mol. The number of primary amides is 1. The molecule has 0 bridgehead atoms. The molecule has 0 saturated carbocycles. The molecule has 1 aliphatic rings. The van der Waals surface area contributed by atoms with Crippen LogP contribution < -0.4 is 5.73 Å². The van der Waals surface area contributed by atoms with Crippen LogP contribution in [0.1, 0.15) is 24.6 Å². The second-order valence-corrected chi connectivity index (χ2v) is 6.80. The van der Waals surface area contributed by atoms with Gasteiger partial charge in [-0.25, -0.2) is 15.0 Å². The summed E-state index contributed by atoms with van der Waals surface area (Å²) < 4.78 is 1.80. The molecule has 25 heavy (non-hydrogen) atoms. The maximum atomic E-state index is 12.3. The van der Waals surface area contributed by atoms with Crippen LogP contribution in [0.15, 0.2) is 36.0 Å². The zero-order valence-corrected chi connectivity index (χ0v) is 14.6. The van der Waals surface area contributed by atoms with Crippen molar-refractivity contribution in [2.24, 2.45) is 5.73 Å². The Bertz CT molecular complexity index is 727. The second kappa shape index (κ2) is 8.11. The Morgan fingerprint density at radius 1 is 1.16 bits per heavy atom. The Kier molecular flexibility index (Phi) is 5.64. The minimum atomic E-state index is -0.382. The number of imidazole rings is 1. The first-order valence-electron chi connectivity index (χ1n) is 8.10. The Hall–Kier alpha value is -2.42. The van der Waals surface area contributed by atoms with Crippen molar-refractivity contribution in [2.45, 2.75) is 30.5 Å². The number of piperidine rings is 1. The summed E-state index contributed by atoms with van der Waals surface area (Å²) in [5.74, 6) is 1.16. The van der Waals surface area contributed by atoms with Gasteiger partial charge in [0.15, 0.2) is 5.16 Å². The summed E-state index contributed by atoms with van der Waals surface area (Å²) in [6.45, 7) is 1.51. The van der Waals surface area contributed by atoms with Gasteiger partial charge in [0, 0.05) is 43.8 Å². The highest BCUT2D eigenvalue weighted by Gasteiger charge is 2.26. The maximum Gasteiger partial charge on any atom is 0.237 e. The van der Waals surface area contributed by atoms with E-state index in [4.69, 9.17) is 5.73 Å². The van der Waals surface area contributed by atoms with Crippen LogP contribution in [0, 0.1) is 0 Å². The summed E-state index contributed by atoms with van der Waals surface area (Å²) in [5.41, 5.74) is 5.27. The zero-order chi connectivity index (χ0) is 17.6. The number of hydrogen-bond acceptors (Lipinski definition) is 6. The van der Waals surface area contributed by atoms with Crippen LogP contribution in [0.25, 0.3) is 0 Å². The van der Waals surface area contributed by atoms with Gasteiger partial charge >= 0.3 is 0 Å². The van der Waals surface area contributed by atoms with E-state index in [1.54, 1.807) is 35.4 Å². The normalized spacial score (nSPS) is 15.3. The van der Waals surface area contributed by atoms with E-state index in [-0.39, 0.29) is 24.3 Å². The van der Waals surface area contributed by atoms with Crippen LogP contribution in [-0.2, 0) is 16.1 Å². The van der Waals surface area contributed by atoms with Crippen molar-refractivity contribution < 1.29 is 9.59 Å². The van der Waals surface area contributed by atoms with E-state index < -0.39 is 0 Å². The molecule has 2 amide bonds. The summed E-state index contributed by atoms with van der Waals surface area (Å²) >= 11 is 1.35. The topological polar surface area (TPSA) is 107 Å². The van der Waals surface area contributed by atoms with E-state index in [9.17, 15) is 9.59 Å². The van der Waals surface area contributed by atoms with E-state index in [1.807, 2.05) is 4.90 Å². The molecule has 2 aromatic heterocycles. The largest absolute Gasteiger partial charge is 0.368 e. The molecule has 3 heterocycles. The third-order valence-corrected chi connectivity index (χ3v) is 5.01. The number of hydrogen-bond donors (Lipinski definition) is 1. The van der Waals surface area contributed by atoms with E-state index in [2.05, 4.69) is 15.0 Å². The molecule has 0 radical (unpaired) electrons. The summed E-state index contributed by atoms with van der Waals surface area (Å²) in [4.78, 5) is 37.9. The molecular weight excluding hydrogens is 340 g/mol. The number of carbonyl (C=O) groups is 2. The van der Waals surface area contributed by atoms with Gasteiger partial charge in [-0.3, -0.25) is 9.59 Å². The first kappa shape index (κ1) is 17.4. The molecule has 0 spiro atoms. The Morgan fingerprint density at radius 2 is 1.88 bits per heavy atom. The quantitative estimate of drug-likeness (QED) is 0.599. The molecular formula is C16H20N6O2S. The molecule has 0 unspecified atom stereocenters. The fourth-order valence-corrected chi connectivity index (χ4v) is 3.65. The van der Waals surface area contributed by atoms with Gasteiger partial charge < -0.3 is 15.2 Å². The van der Waals surface area contributed by atoms with Crippen molar-refractivity contribution in [3.8, 4) is 0 Å². The molecule has 8 nitrogen and oxygen atoms in total. The number of likely N-dealkylation sites (tertiary alicyclic amines) is 1. The number of aromatic nitrogens is 4. The van der Waals surface area contributed by atoms with Gasteiger partial charge in [-0.15, -0.1) is 0 Å². The van der Waals surface area contributed by atoms with E-state index in [0.29, 0.717) is 24.0 Å². The number of rotatable bonds is 6. The molecule has 1 saturated heterocycles. The van der Waals surface area contributed by atoms with Crippen molar-refractivity contribution >= 4 is 23.6 Å². The minimum absolute atomic E-state index is 0.0939. The van der Waals surface area contributed by atoms with Gasteiger partial charge in [-0.2, -0.15) is 0 Å². The SMILES string of the molecule is NC(=O)Cn1ccnc1C1CCN(C(=O)CSc2ncccn2)CC1. The molecule has 132 valence electrons. The molecule has 1 fully saturated rings. The molecule has 1 aliphatic heterocycles. The van der Waals surface area contributed by atoms with Crippen molar-refractivity contribution in [3.63, 3.8) is 0 Å². The lowest BCUT2D eigenvalue weighted by atomic mass is 9.96. The molecule has 9 heteroatoms. The Morgan fingerprint density at radius 3 is 2.56 bits per heavy atom. The van der Waals surface area contributed by atoms with Crippen molar-refractivity contribution in [2.75, 3.05) is 18.8 Å². The standard InChI is InChI=1S/C16H20N6O2S/c17-13(23)10-22-9-6-18-15(22)12-2-7-21(8-3-12)14(24)11-25-16-19-4-1-5-20-16/h1,4-6,9,12H,2-3,7-8,10-11H2,(H2,17,23). The average molecular weight is 360 g/mol. The number of nitrogens with zero attached hydrogens (tertiary/aromatic N) is 5. The highest BCUT2D eigenvalue weighted by Crippen LogP contribution is 2.27. The molecule has 0 atom stereocenters. The van der Waals surface area contributed by atoms with Gasteiger partial charge in [-0.1, -0.05) is 11.8 Å². The molecule has 2 N–H and O–H groups in total. The van der Waals surface area contributed by atoms with Gasteiger partial charge in [0.2, 0.25) is 11.8 Å². The van der Waals surface area contributed by atoms with Crippen LogP contribution in [-0.4, -0.2) is 55.1 Å². The highest BCUT2D eigenvalue weighted by atomic mass is 32.2. The number of nitrogens with two attached hydrogens (primary N) is 1. The fraction of sp³-hybridized carbons (Fsp3) is 0.438. The smallest absolute Gasteiger partial charge is 0.237 e. The molecule has 3 rings (SSSR count). The first-order chi connectivity index (χ1) is 12.1. The highest BCUT2D eigenvalue weighted by molar-refractivity contribution is 7.99. The molecule has 0 aliphatic carbocycles. The van der Waals surface area contributed by atoms with Crippen LogP contribution in [0.3, 0.4) is 0 Å². The lowest BCUT2D eigenvalue weighted by Crippen LogP contribution is -2.39. The molecule has 2 aromatic rings. The van der Waals surface area contributed by atoms with Crippen LogP contribution in [0.5, 0.6) is 0 Å². The van der Waals surface area contributed by atoms with Crippen LogP contribution >= 0.6 is 11.8 Å². The lowest BCUT2D eigenvalue weighted by molar-refractivity contribution is -0.129. The van der Waals surface area contributed by atoms with Gasteiger partial charge in [0.1, 0.15) is 12.4 Å². The maximum absolute atomic E-state index is 12.3. The van der Waals surface area contributed by atoms with E-state index in [1.165, 1.54) is 11.8 Å². The number of carbonyl (C=O) groups excluding carboxylic acids is 2. The minimum Gasteiger partial charge on any atom is -0.368 e. The number of amides is 2. The lowest BCUT2D eigenvalue weighted by Gasteiger charge is -2.31. The van der Waals surface area contributed by atoms with Gasteiger partial charge in [0.05, 0.1) is 5.75 Å². The van der Waals surface area contributed by atoms with E-state index >= 15 is 0 Å². The van der Waals surface area contributed by atoms with Crippen molar-refractivity contribution in [1.29, 1.82) is 0 Å². The third-order valence-electron chi connectivity index (χ3n) is 4.15. The summed E-state index contributed by atoms with van der Waals surface area (Å²) in [5, 5.41) is 0.610. The Balaban J connectivity index is 1.51. The van der Waals surface area contributed by atoms with E-state index in [0.717, 1.165) is 18.7 Å². The first-order valence-corrected chi connectivity index (χ1v) is 9.09. The van der Waals surface area contributed by atoms with Gasteiger partial charge in [-0.05, 0) is 18.9 Å². The summed E-state index contributed by atoms with van der Waals surface area (Å²) in [7, 11) is 0. The second-order valence-electron chi connectivity index (χ2n) is 5.85. The predicted octanol–water partition coefficient (Wildman–Crippen LogP) is 0.657.